The number of benzene rings is 2. The molecule has 1 aliphatic rings. The van der Waals surface area contributed by atoms with E-state index in [4.69, 9.17) is 9.47 Å². The molecule has 1 N–H and O–H groups in total. The average Bonchev–Trinajstić information content (AvgIpc) is 2.75. The first-order valence-corrected chi connectivity index (χ1v) is 10.6. The summed E-state index contributed by atoms with van der Waals surface area (Å²) < 4.78 is 11.7. The van der Waals surface area contributed by atoms with Gasteiger partial charge in [-0.15, -0.1) is 0 Å². The molecule has 0 bridgehead atoms. The van der Waals surface area contributed by atoms with Gasteiger partial charge in [0.1, 0.15) is 18.1 Å². The SMILES string of the molecule is CCc1ccc(C2NCCc3cc(OCCN(CC)CC)ccc32)c(OC)c1. The second-order valence-corrected chi connectivity index (χ2v) is 7.30. The van der Waals surface area contributed by atoms with Gasteiger partial charge in [0.05, 0.1) is 13.2 Å². The topological polar surface area (TPSA) is 33.7 Å². The monoisotopic (exact) mass is 382 g/mol. The minimum Gasteiger partial charge on any atom is -0.496 e. The Morgan fingerprint density at radius 3 is 2.54 bits per heavy atom. The largest absolute Gasteiger partial charge is 0.496 e. The molecule has 1 unspecified atom stereocenters. The molecule has 4 nitrogen and oxygen atoms in total. The summed E-state index contributed by atoms with van der Waals surface area (Å²) in [4.78, 5) is 2.38. The fourth-order valence-corrected chi connectivity index (χ4v) is 3.96. The normalized spacial score (nSPS) is 16.1. The van der Waals surface area contributed by atoms with E-state index in [1.165, 1.54) is 22.3 Å². The van der Waals surface area contributed by atoms with Gasteiger partial charge in [0.25, 0.3) is 0 Å². The number of methoxy groups -OCH3 is 1. The van der Waals surface area contributed by atoms with Gasteiger partial charge in [-0.25, -0.2) is 0 Å². The van der Waals surface area contributed by atoms with E-state index in [-0.39, 0.29) is 6.04 Å². The van der Waals surface area contributed by atoms with Gasteiger partial charge in [-0.1, -0.05) is 39.0 Å². The Morgan fingerprint density at radius 2 is 1.82 bits per heavy atom. The highest BCUT2D eigenvalue weighted by atomic mass is 16.5. The molecule has 0 saturated heterocycles. The maximum Gasteiger partial charge on any atom is 0.124 e. The standard InChI is InChI=1S/C24H34N2O2/c1-5-18-8-10-22(23(16-18)27-4)24-21-11-9-20(17-19(21)12-13-25-24)28-15-14-26(6-2)7-3/h8-11,16-17,24-25H,5-7,12-15H2,1-4H3. The van der Waals surface area contributed by atoms with Crippen LogP contribution < -0.4 is 14.8 Å². The van der Waals surface area contributed by atoms with Crippen LogP contribution in [0.3, 0.4) is 0 Å². The number of aryl methyl sites for hydroxylation is 1. The summed E-state index contributed by atoms with van der Waals surface area (Å²) in [6.07, 6.45) is 2.04. The highest BCUT2D eigenvalue weighted by Gasteiger charge is 2.24. The minimum atomic E-state index is 0.161. The quantitative estimate of drug-likeness (QED) is 0.704. The number of hydrogen-bond acceptors (Lipinski definition) is 4. The van der Waals surface area contributed by atoms with Gasteiger partial charge in [-0.05, 0) is 60.8 Å². The lowest BCUT2D eigenvalue weighted by molar-refractivity contribution is 0.222. The van der Waals surface area contributed by atoms with Crippen molar-refractivity contribution in [1.29, 1.82) is 0 Å². The van der Waals surface area contributed by atoms with Crippen LogP contribution in [0, 0.1) is 0 Å². The lowest BCUT2D eigenvalue weighted by atomic mass is 9.88. The van der Waals surface area contributed by atoms with E-state index in [2.05, 4.69) is 67.4 Å². The van der Waals surface area contributed by atoms with Gasteiger partial charge in [0.15, 0.2) is 0 Å². The average molecular weight is 383 g/mol. The first-order valence-electron chi connectivity index (χ1n) is 10.6. The smallest absolute Gasteiger partial charge is 0.124 e. The highest BCUT2D eigenvalue weighted by Crippen LogP contribution is 2.36. The van der Waals surface area contributed by atoms with Crippen molar-refractivity contribution < 1.29 is 9.47 Å². The van der Waals surface area contributed by atoms with Gasteiger partial charge >= 0.3 is 0 Å². The zero-order valence-electron chi connectivity index (χ0n) is 17.8. The Hall–Kier alpha value is -2.04. The summed E-state index contributed by atoms with van der Waals surface area (Å²) >= 11 is 0. The molecule has 1 aliphatic heterocycles. The van der Waals surface area contributed by atoms with E-state index >= 15 is 0 Å². The maximum atomic E-state index is 6.04. The van der Waals surface area contributed by atoms with Crippen molar-refractivity contribution in [2.45, 2.75) is 39.7 Å². The predicted molar refractivity (Wildman–Crippen MR) is 116 cm³/mol. The first kappa shape index (κ1) is 20.7. The Kier molecular flexibility index (Phi) is 7.35. The van der Waals surface area contributed by atoms with Crippen molar-refractivity contribution in [3.63, 3.8) is 0 Å². The lowest BCUT2D eigenvalue weighted by Gasteiger charge is -2.29. The molecule has 0 spiro atoms. The summed E-state index contributed by atoms with van der Waals surface area (Å²) in [6.45, 7) is 11.3. The van der Waals surface area contributed by atoms with Gasteiger partial charge in [0, 0.05) is 18.7 Å². The number of hydrogen-bond donors (Lipinski definition) is 1. The second kappa shape index (κ2) is 9.94. The fourth-order valence-electron chi connectivity index (χ4n) is 3.96. The third-order valence-corrected chi connectivity index (χ3v) is 5.76. The molecule has 2 aromatic rings. The molecule has 0 amide bonds. The molecular formula is C24H34N2O2. The van der Waals surface area contributed by atoms with E-state index in [1.807, 2.05) is 0 Å². The summed E-state index contributed by atoms with van der Waals surface area (Å²) in [5.74, 6) is 1.93. The number of nitrogens with one attached hydrogen (secondary N) is 1. The summed E-state index contributed by atoms with van der Waals surface area (Å²) in [6, 6.07) is 13.3. The van der Waals surface area contributed by atoms with Gasteiger partial charge in [-0.2, -0.15) is 0 Å². The number of nitrogens with zero attached hydrogens (tertiary/aromatic N) is 1. The molecule has 0 saturated carbocycles. The van der Waals surface area contributed by atoms with E-state index < -0.39 is 0 Å². The summed E-state index contributed by atoms with van der Waals surface area (Å²) in [7, 11) is 1.76. The van der Waals surface area contributed by atoms with Crippen LogP contribution in [-0.4, -0.2) is 44.8 Å². The van der Waals surface area contributed by atoms with Crippen molar-refractivity contribution in [3.05, 3.63) is 58.7 Å². The minimum absolute atomic E-state index is 0.161. The fraction of sp³-hybridized carbons (Fsp3) is 0.500. The number of ether oxygens (including phenoxy) is 2. The molecular weight excluding hydrogens is 348 g/mol. The molecule has 0 aromatic heterocycles. The highest BCUT2D eigenvalue weighted by molar-refractivity contribution is 5.48. The zero-order valence-corrected chi connectivity index (χ0v) is 17.8. The van der Waals surface area contributed by atoms with Crippen LogP contribution in [0.4, 0.5) is 0 Å². The predicted octanol–water partition coefficient (Wildman–Crippen LogP) is 4.21. The van der Waals surface area contributed by atoms with Gasteiger partial charge < -0.3 is 19.7 Å². The lowest BCUT2D eigenvalue weighted by Crippen LogP contribution is -2.31. The van der Waals surface area contributed by atoms with E-state index in [0.717, 1.165) is 57.1 Å². The Morgan fingerprint density at radius 1 is 1.04 bits per heavy atom. The molecule has 28 heavy (non-hydrogen) atoms. The second-order valence-electron chi connectivity index (χ2n) is 7.30. The van der Waals surface area contributed by atoms with E-state index in [9.17, 15) is 0 Å². The molecule has 0 fully saturated rings. The van der Waals surface area contributed by atoms with Gasteiger partial charge in [-0.3, -0.25) is 0 Å². The van der Waals surface area contributed by atoms with Crippen LogP contribution in [0.5, 0.6) is 11.5 Å². The Labute approximate surface area is 169 Å². The summed E-state index contributed by atoms with van der Waals surface area (Å²) in [5.41, 5.74) is 5.19. The van der Waals surface area contributed by atoms with Crippen LogP contribution in [0.1, 0.15) is 49.1 Å². The molecule has 0 radical (unpaired) electrons. The Balaban J connectivity index is 1.78. The molecule has 1 atom stereocenters. The van der Waals surface area contributed by atoms with E-state index in [0.29, 0.717) is 0 Å². The van der Waals surface area contributed by atoms with E-state index in [1.54, 1.807) is 7.11 Å². The molecule has 0 aliphatic carbocycles. The number of fused-ring (bicyclic) bond motifs is 1. The summed E-state index contributed by atoms with van der Waals surface area (Å²) in [5, 5.41) is 3.67. The van der Waals surface area contributed by atoms with Crippen LogP contribution >= 0.6 is 0 Å². The van der Waals surface area contributed by atoms with Crippen LogP contribution in [-0.2, 0) is 12.8 Å². The third-order valence-electron chi connectivity index (χ3n) is 5.76. The van der Waals surface area contributed by atoms with Crippen molar-refractivity contribution in [3.8, 4) is 11.5 Å². The first-order chi connectivity index (χ1) is 13.7. The number of rotatable bonds is 9. The van der Waals surface area contributed by atoms with Crippen LogP contribution in [0.15, 0.2) is 36.4 Å². The zero-order chi connectivity index (χ0) is 19.9. The number of likely N-dealkylation sites (N-methyl/N-ethyl adjacent to an activating group) is 1. The van der Waals surface area contributed by atoms with Crippen molar-refractivity contribution in [1.82, 2.24) is 10.2 Å². The molecule has 2 aromatic carbocycles. The molecule has 4 heteroatoms. The van der Waals surface area contributed by atoms with Crippen LogP contribution in [0.2, 0.25) is 0 Å². The third kappa shape index (κ3) is 4.68. The molecule has 1 heterocycles. The maximum absolute atomic E-state index is 6.04. The van der Waals surface area contributed by atoms with Gasteiger partial charge in [0.2, 0.25) is 0 Å². The molecule has 3 rings (SSSR count). The van der Waals surface area contributed by atoms with Crippen LogP contribution in [0.25, 0.3) is 0 Å². The van der Waals surface area contributed by atoms with Crippen molar-refractivity contribution in [2.24, 2.45) is 0 Å². The van der Waals surface area contributed by atoms with Crippen molar-refractivity contribution in [2.75, 3.05) is 39.9 Å². The van der Waals surface area contributed by atoms with Crippen molar-refractivity contribution >= 4 is 0 Å². The molecule has 152 valence electrons. The Bertz CT molecular complexity index is 771.